The van der Waals surface area contributed by atoms with Crippen LogP contribution in [0.2, 0.25) is 5.02 Å². The summed E-state index contributed by atoms with van der Waals surface area (Å²) in [6, 6.07) is 7.27. The van der Waals surface area contributed by atoms with Crippen LogP contribution in [0.4, 0.5) is 0 Å². The molecule has 0 unspecified atom stereocenters. The molecule has 0 aromatic heterocycles. The van der Waals surface area contributed by atoms with Crippen molar-refractivity contribution in [3.8, 4) is 5.75 Å². The fourth-order valence-electron chi connectivity index (χ4n) is 5.48. The number of likely N-dealkylation sites (N-methyl/N-ethyl adjacent to an activating group) is 1. The maximum absolute atomic E-state index is 13.4. The number of nitrogens with zero attached hydrogens (tertiary/aromatic N) is 4. The molecule has 1 aromatic rings. The van der Waals surface area contributed by atoms with Gasteiger partial charge in [0.1, 0.15) is 5.75 Å². The third-order valence-corrected chi connectivity index (χ3v) is 7.97. The molecule has 1 atom stereocenters. The van der Waals surface area contributed by atoms with Crippen LogP contribution in [0.1, 0.15) is 44.9 Å². The van der Waals surface area contributed by atoms with E-state index in [1.807, 2.05) is 21.9 Å². The van der Waals surface area contributed by atoms with Gasteiger partial charge in [-0.1, -0.05) is 24.1 Å². The molecule has 1 aromatic carbocycles. The van der Waals surface area contributed by atoms with Gasteiger partial charge in [-0.25, -0.2) is 0 Å². The fraction of sp³-hybridized carbons (Fsp3) is 0.667. The molecular weight excluding hydrogens is 480 g/mol. The monoisotopic (exact) mass is 518 g/mol. The summed E-state index contributed by atoms with van der Waals surface area (Å²) in [6.07, 6.45) is 5.32. The molecule has 3 aliphatic rings. The number of rotatable bonds is 7. The highest BCUT2D eigenvalue weighted by Crippen LogP contribution is 2.36. The van der Waals surface area contributed by atoms with E-state index in [0.717, 1.165) is 58.3 Å². The van der Waals surface area contributed by atoms with Gasteiger partial charge in [0.05, 0.1) is 13.2 Å². The second-order valence-corrected chi connectivity index (χ2v) is 11.1. The lowest BCUT2D eigenvalue weighted by atomic mass is 9.77. The normalized spacial score (nSPS) is 23.9. The van der Waals surface area contributed by atoms with Crippen molar-refractivity contribution in [3.05, 3.63) is 29.3 Å². The lowest BCUT2D eigenvalue weighted by Crippen LogP contribution is -2.54. The fourth-order valence-corrected chi connectivity index (χ4v) is 5.66. The molecule has 9 heteroatoms. The largest absolute Gasteiger partial charge is 0.493 e. The number of carbonyl (C=O) groups is 3. The predicted octanol–water partition coefficient (Wildman–Crippen LogP) is 2.89. The molecular formula is C27H39ClN4O4. The molecule has 198 valence electrons. The molecule has 0 N–H and O–H groups in total. The second kappa shape index (κ2) is 12.3. The Bertz CT molecular complexity index is 936. The number of carbonyl (C=O) groups excluding carboxylic acids is 3. The quantitative estimate of drug-likeness (QED) is 0.555. The minimum Gasteiger partial charge on any atom is -0.493 e. The van der Waals surface area contributed by atoms with Crippen LogP contribution in [-0.4, -0.2) is 103 Å². The van der Waals surface area contributed by atoms with Crippen LogP contribution in [0.3, 0.4) is 0 Å². The lowest BCUT2D eigenvalue weighted by Gasteiger charge is -2.44. The minimum absolute atomic E-state index is 0.0378. The van der Waals surface area contributed by atoms with Crippen molar-refractivity contribution < 1.29 is 19.1 Å². The Balaban J connectivity index is 1.46. The molecule has 4 rings (SSSR count). The number of amides is 3. The first-order valence-electron chi connectivity index (χ1n) is 13.2. The third kappa shape index (κ3) is 7.13. The summed E-state index contributed by atoms with van der Waals surface area (Å²) in [7, 11) is 2.07. The van der Waals surface area contributed by atoms with Crippen LogP contribution >= 0.6 is 11.6 Å². The standard InChI is InChI=1S/C27H39ClN4O4/c1-29-13-15-30(16-14-29)25(34)18-27(21-36-23-8-5-7-22(28)17-23)10-6-12-32(20-27)26(35)19-31-11-4-2-3-9-24(31)33/h5,7-8,17H,2-4,6,9-16,18-21H2,1H3/t27-/m1/s1. The number of halogens is 1. The molecule has 3 aliphatic heterocycles. The van der Waals surface area contributed by atoms with Crippen molar-refractivity contribution >= 4 is 29.3 Å². The van der Waals surface area contributed by atoms with Crippen LogP contribution in [0.15, 0.2) is 24.3 Å². The zero-order valence-electron chi connectivity index (χ0n) is 21.4. The van der Waals surface area contributed by atoms with E-state index in [1.165, 1.54) is 0 Å². The van der Waals surface area contributed by atoms with Crippen molar-refractivity contribution in [2.24, 2.45) is 5.41 Å². The number of likely N-dealkylation sites (tertiary alicyclic amines) is 2. The second-order valence-electron chi connectivity index (χ2n) is 10.7. The van der Waals surface area contributed by atoms with Crippen LogP contribution < -0.4 is 4.74 Å². The van der Waals surface area contributed by atoms with Gasteiger partial charge in [-0.05, 0) is 50.9 Å². The topological polar surface area (TPSA) is 73.4 Å². The summed E-state index contributed by atoms with van der Waals surface area (Å²) in [5.74, 6) is 0.810. The SMILES string of the molecule is CN1CCN(C(=O)C[C@]2(COc3cccc(Cl)c3)CCCN(C(=O)CN3CCCCCC3=O)C2)CC1. The molecule has 3 heterocycles. The van der Waals surface area contributed by atoms with Gasteiger partial charge in [-0.2, -0.15) is 0 Å². The predicted molar refractivity (Wildman–Crippen MR) is 139 cm³/mol. The number of hydrogen-bond acceptors (Lipinski definition) is 5. The third-order valence-electron chi connectivity index (χ3n) is 7.73. The van der Waals surface area contributed by atoms with Crippen molar-refractivity contribution in [1.29, 1.82) is 0 Å². The van der Waals surface area contributed by atoms with Crippen LogP contribution in [0, 0.1) is 5.41 Å². The van der Waals surface area contributed by atoms with Gasteiger partial charge in [0.15, 0.2) is 0 Å². The number of ether oxygens (including phenoxy) is 1. The molecule has 0 spiro atoms. The van der Waals surface area contributed by atoms with E-state index >= 15 is 0 Å². The van der Waals surface area contributed by atoms with Gasteiger partial charge < -0.3 is 24.3 Å². The van der Waals surface area contributed by atoms with Gasteiger partial charge in [0.25, 0.3) is 0 Å². The van der Waals surface area contributed by atoms with Crippen molar-refractivity contribution in [2.75, 3.05) is 66.0 Å². The lowest BCUT2D eigenvalue weighted by molar-refractivity contribution is -0.145. The summed E-state index contributed by atoms with van der Waals surface area (Å²) in [4.78, 5) is 46.9. The Morgan fingerprint density at radius 3 is 2.56 bits per heavy atom. The maximum Gasteiger partial charge on any atom is 0.242 e. The van der Waals surface area contributed by atoms with Crippen molar-refractivity contribution in [1.82, 2.24) is 19.6 Å². The first kappa shape index (κ1) is 26.7. The Kier molecular flexibility index (Phi) is 9.12. The van der Waals surface area contributed by atoms with Gasteiger partial charge in [0, 0.05) is 69.1 Å². The number of benzene rings is 1. The molecule has 3 saturated heterocycles. The van der Waals surface area contributed by atoms with E-state index in [-0.39, 0.29) is 24.3 Å². The average Bonchev–Trinajstić information content (AvgIpc) is 3.07. The summed E-state index contributed by atoms with van der Waals surface area (Å²) in [5, 5.41) is 0.595. The molecule has 0 saturated carbocycles. The highest BCUT2D eigenvalue weighted by Gasteiger charge is 2.41. The van der Waals surface area contributed by atoms with Gasteiger partial charge >= 0.3 is 0 Å². The Morgan fingerprint density at radius 2 is 1.78 bits per heavy atom. The first-order valence-corrected chi connectivity index (χ1v) is 13.6. The van der Waals surface area contributed by atoms with Gasteiger partial charge in [-0.3, -0.25) is 14.4 Å². The summed E-state index contributed by atoms with van der Waals surface area (Å²) in [5.41, 5.74) is -0.487. The van der Waals surface area contributed by atoms with E-state index < -0.39 is 5.41 Å². The zero-order valence-corrected chi connectivity index (χ0v) is 22.2. The van der Waals surface area contributed by atoms with Gasteiger partial charge in [0.2, 0.25) is 17.7 Å². The van der Waals surface area contributed by atoms with Crippen molar-refractivity contribution in [3.63, 3.8) is 0 Å². The molecule has 36 heavy (non-hydrogen) atoms. The van der Waals surface area contributed by atoms with E-state index in [0.29, 0.717) is 49.9 Å². The van der Waals surface area contributed by atoms with Crippen LogP contribution in [0.5, 0.6) is 5.75 Å². The van der Waals surface area contributed by atoms with E-state index in [2.05, 4.69) is 11.9 Å². The van der Waals surface area contributed by atoms with E-state index in [4.69, 9.17) is 16.3 Å². The van der Waals surface area contributed by atoms with Gasteiger partial charge in [-0.15, -0.1) is 0 Å². The molecule has 8 nitrogen and oxygen atoms in total. The van der Waals surface area contributed by atoms with E-state index in [1.54, 1.807) is 17.0 Å². The smallest absolute Gasteiger partial charge is 0.242 e. The van der Waals surface area contributed by atoms with E-state index in [9.17, 15) is 14.4 Å². The minimum atomic E-state index is -0.487. The summed E-state index contributed by atoms with van der Waals surface area (Å²) < 4.78 is 6.18. The maximum atomic E-state index is 13.4. The first-order chi connectivity index (χ1) is 17.3. The number of hydrogen-bond donors (Lipinski definition) is 0. The Labute approximate surface area is 219 Å². The Hall–Kier alpha value is -2.32. The summed E-state index contributed by atoms with van der Waals surface area (Å²) in [6.45, 7) is 5.37. The van der Waals surface area contributed by atoms with Crippen molar-refractivity contribution in [2.45, 2.75) is 44.9 Å². The molecule has 0 radical (unpaired) electrons. The zero-order chi connectivity index (χ0) is 25.5. The molecule has 0 bridgehead atoms. The molecule has 3 fully saturated rings. The number of piperidine rings is 1. The number of piperazine rings is 1. The molecule has 3 amide bonds. The van der Waals surface area contributed by atoms with Crippen LogP contribution in [0.25, 0.3) is 0 Å². The van der Waals surface area contributed by atoms with Crippen LogP contribution in [-0.2, 0) is 14.4 Å². The molecule has 0 aliphatic carbocycles. The average molecular weight is 519 g/mol. The summed E-state index contributed by atoms with van der Waals surface area (Å²) >= 11 is 6.15. The Morgan fingerprint density at radius 1 is 0.972 bits per heavy atom. The highest BCUT2D eigenvalue weighted by molar-refractivity contribution is 6.30. The highest BCUT2D eigenvalue weighted by atomic mass is 35.5.